The molecule has 1 aliphatic heterocycles. The standard InChI is InChI=1S/C19H21NO.C2H2O4/c1-20-13-15-9-10-16(21-2)12-18(15)19(20)11-5-7-14-6-3-4-8-17(14)19;3-1(4)2(5)6/h3-4,6,8-10,12H,5,7,11,13H2,1-2H3;(H,3,4)(H,5,6). The van der Waals surface area contributed by atoms with Gasteiger partial charge in [0.25, 0.3) is 0 Å². The van der Waals surface area contributed by atoms with Gasteiger partial charge in [-0.1, -0.05) is 30.3 Å². The van der Waals surface area contributed by atoms with Gasteiger partial charge in [-0.3, -0.25) is 4.90 Å². The van der Waals surface area contributed by atoms with Crippen molar-refractivity contribution in [2.45, 2.75) is 31.3 Å². The van der Waals surface area contributed by atoms with Crippen LogP contribution in [0.5, 0.6) is 5.75 Å². The molecule has 142 valence electrons. The molecule has 1 atom stereocenters. The summed E-state index contributed by atoms with van der Waals surface area (Å²) in [6, 6.07) is 15.5. The van der Waals surface area contributed by atoms with E-state index in [9.17, 15) is 0 Å². The van der Waals surface area contributed by atoms with Crippen molar-refractivity contribution in [2.75, 3.05) is 14.2 Å². The molecule has 0 amide bonds. The number of hydrogen-bond donors (Lipinski definition) is 2. The monoisotopic (exact) mass is 369 g/mol. The first kappa shape index (κ1) is 18.9. The minimum Gasteiger partial charge on any atom is -0.497 e. The van der Waals surface area contributed by atoms with E-state index in [-0.39, 0.29) is 5.54 Å². The third kappa shape index (κ3) is 3.28. The first-order valence-electron chi connectivity index (χ1n) is 8.83. The molecule has 1 heterocycles. The SMILES string of the molecule is COc1ccc2c(c1)C1(CCCc3ccccc31)N(C)C2.O=C(O)C(=O)O. The second-order valence-electron chi connectivity index (χ2n) is 6.86. The van der Waals surface area contributed by atoms with E-state index in [1.807, 2.05) is 0 Å². The van der Waals surface area contributed by atoms with Crippen LogP contribution < -0.4 is 4.74 Å². The molecule has 2 N–H and O–H groups in total. The molecule has 6 nitrogen and oxygen atoms in total. The molecule has 27 heavy (non-hydrogen) atoms. The van der Waals surface area contributed by atoms with Crippen molar-refractivity contribution < 1.29 is 24.5 Å². The largest absolute Gasteiger partial charge is 0.497 e. The Hall–Kier alpha value is -2.86. The zero-order valence-electron chi connectivity index (χ0n) is 15.4. The zero-order chi connectivity index (χ0) is 19.6. The van der Waals surface area contributed by atoms with Crippen molar-refractivity contribution >= 4 is 11.9 Å². The molecule has 4 rings (SSSR count). The average molecular weight is 369 g/mol. The number of aliphatic carboxylic acids is 2. The van der Waals surface area contributed by atoms with Crippen LogP contribution in [-0.2, 0) is 28.1 Å². The molecule has 1 spiro atoms. The Morgan fingerprint density at radius 1 is 1.04 bits per heavy atom. The minimum atomic E-state index is -1.82. The molecule has 0 saturated heterocycles. The molecule has 2 aliphatic rings. The van der Waals surface area contributed by atoms with Crippen LogP contribution >= 0.6 is 0 Å². The molecule has 1 unspecified atom stereocenters. The topological polar surface area (TPSA) is 87.1 Å². The quantitative estimate of drug-likeness (QED) is 0.752. The van der Waals surface area contributed by atoms with E-state index in [1.54, 1.807) is 7.11 Å². The highest BCUT2D eigenvalue weighted by atomic mass is 16.5. The Morgan fingerprint density at radius 3 is 2.41 bits per heavy atom. The first-order chi connectivity index (χ1) is 12.9. The highest BCUT2D eigenvalue weighted by Gasteiger charge is 2.46. The number of rotatable bonds is 1. The first-order valence-corrected chi connectivity index (χ1v) is 8.83. The highest BCUT2D eigenvalue weighted by Crippen LogP contribution is 2.50. The van der Waals surface area contributed by atoms with Crippen LogP contribution in [0.25, 0.3) is 0 Å². The van der Waals surface area contributed by atoms with Gasteiger partial charge in [-0.05, 0) is 60.7 Å². The second-order valence-corrected chi connectivity index (χ2v) is 6.86. The van der Waals surface area contributed by atoms with Gasteiger partial charge in [0.1, 0.15) is 5.75 Å². The lowest BCUT2D eigenvalue weighted by Crippen LogP contribution is -2.42. The number of aryl methyl sites for hydroxylation is 1. The summed E-state index contributed by atoms with van der Waals surface area (Å²) < 4.78 is 5.48. The number of nitrogens with zero attached hydrogens (tertiary/aromatic N) is 1. The summed E-state index contributed by atoms with van der Waals surface area (Å²) in [4.78, 5) is 20.7. The molecular formula is C21H23NO5. The average Bonchev–Trinajstić information content (AvgIpc) is 2.94. The zero-order valence-corrected chi connectivity index (χ0v) is 15.4. The number of ether oxygens (including phenoxy) is 1. The van der Waals surface area contributed by atoms with Crippen LogP contribution in [0.1, 0.15) is 35.1 Å². The lowest BCUT2D eigenvalue weighted by Gasteiger charge is -2.42. The third-order valence-electron chi connectivity index (χ3n) is 5.45. The summed E-state index contributed by atoms with van der Waals surface area (Å²) in [5.74, 6) is -2.68. The van der Waals surface area contributed by atoms with Gasteiger partial charge < -0.3 is 14.9 Å². The smallest absolute Gasteiger partial charge is 0.414 e. The van der Waals surface area contributed by atoms with Gasteiger partial charge in [-0.15, -0.1) is 0 Å². The van der Waals surface area contributed by atoms with Crippen LogP contribution in [0.3, 0.4) is 0 Å². The minimum absolute atomic E-state index is 0.0404. The van der Waals surface area contributed by atoms with E-state index in [4.69, 9.17) is 24.5 Å². The number of benzene rings is 2. The highest BCUT2D eigenvalue weighted by molar-refractivity contribution is 6.27. The molecular weight excluding hydrogens is 346 g/mol. The van der Waals surface area contributed by atoms with Crippen LogP contribution in [0.2, 0.25) is 0 Å². The molecule has 0 aromatic heterocycles. The maximum Gasteiger partial charge on any atom is 0.414 e. The summed E-state index contributed by atoms with van der Waals surface area (Å²) in [5.41, 5.74) is 5.92. The van der Waals surface area contributed by atoms with Crippen molar-refractivity contribution in [1.82, 2.24) is 4.90 Å². The van der Waals surface area contributed by atoms with E-state index < -0.39 is 11.9 Å². The molecule has 0 radical (unpaired) electrons. The number of hydrogen-bond acceptors (Lipinski definition) is 4. The lowest BCUT2D eigenvalue weighted by molar-refractivity contribution is -0.159. The predicted molar refractivity (Wildman–Crippen MR) is 99.9 cm³/mol. The summed E-state index contributed by atoms with van der Waals surface area (Å²) in [6.45, 7) is 1.02. The fourth-order valence-corrected chi connectivity index (χ4v) is 4.29. The van der Waals surface area contributed by atoms with Gasteiger partial charge >= 0.3 is 11.9 Å². The molecule has 6 heteroatoms. The van der Waals surface area contributed by atoms with Crippen LogP contribution in [-0.4, -0.2) is 41.2 Å². The maximum atomic E-state index is 9.10. The van der Waals surface area contributed by atoms with Crippen molar-refractivity contribution in [1.29, 1.82) is 0 Å². The van der Waals surface area contributed by atoms with Gasteiger partial charge in [-0.2, -0.15) is 0 Å². The number of methoxy groups -OCH3 is 1. The van der Waals surface area contributed by atoms with Crippen molar-refractivity contribution in [3.63, 3.8) is 0 Å². The fourth-order valence-electron chi connectivity index (χ4n) is 4.29. The molecule has 0 fully saturated rings. The summed E-state index contributed by atoms with van der Waals surface area (Å²) >= 11 is 0. The number of fused-ring (bicyclic) bond motifs is 4. The van der Waals surface area contributed by atoms with E-state index >= 15 is 0 Å². The van der Waals surface area contributed by atoms with E-state index in [0.29, 0.717) is 0 Å². The third-order valence-corrected chi connectivity index (χ3v) is 5.45. The van der Waals surface area contributed by atoms with Gasteiger partial charge in [-0.25, -0.2) is 9.59 Å². The molecule has 1 aliphatic carbocycles. The molecule has 2 aromatic rings. The number of carbonyl (C=O) groups is 2. The normalized spacial score (nSPS) is 20.2. The van der Waals surface area contributed by atoms with Gasteiger partial charge in [0.05, 0.1) is 12.6 Å². The summed E-state index contributed by atoms with van der Waals surface area (Å²) in [7, 11) is 4.01. The second kappa shape index (κ2) is 7.40. The van der Waals surface area contributed by atoms with E-state index in [0.717, 1.165) is 12.3 Å². The maximum absolute atomic E-state index is 9.10. The van der Waals surface area contributed by atoms with Crippen molar-refractivity contribution in [3.8, 4) is 5.75 Å². The lowest BCUT2D eigenvalue weighted by atomic mass is 9.72. The van der Waals surface area contributed by atoms with Crippen LogP contribution in [0.4, 0.5) is 0 Å². The predicted octanol–water partition coefficient (Wildman–Crippen LogP) is 2.88. The van der Waals surface area contributed by atoms with Gasteiger partial charge in [0.15, 0.2) is 0 Å². The Labute approximate surface area is 158 Å². The van der Waals surface area contributed by atoms with Gasteiger partial charge in [0.2, 0.25) is 0 Å². The van der Waals surface area contributed by atoms with Crippen molar-refractivity contribution in [3.05, 3.63) is 64.7 Å². The molecule has 0 saturated carbocycles. The Kier molecular flexibility index (Phi) is 5.19. The summed E-state index contributed by atoms with van der Waals surface area (Å²) in [6.07, 6.45) is 3.64. The Balaban J connectivity index is 0.000000307. The van der Waals surface area contributed by atoms with Crippen LogP contribution in [0.15, 0.2) is 42.5 Å². The molecule has 2 aromatic carbocycles. The molecule has 0 bridgehead atoms. The summed E-state index contributed by atoms with van der Waals surface area (Å²) in [5, 5.41) is 14.8. The Bertz CT molecular complexity index is 867. The number of carboxylic acids is 2. The van der Waals surface area contributed by atoms with Gasteiger partial charge in [0, 0.05) is 6.54 Å². The Morgan fingerprint density at radius 2 is 1.74 bits per heavy atom. The van der Waals surface area contributed by atoms with E-state index in [2.05, 4.69) is 54.4 Å². The number of carboxylic acid groups (broad SMARTS) is 2. The van der Waals surface area contributed by atoms with E-state index in [1.165, 1.54) is 41.5 Å². The fraction of sp³-hybridized carbons (Fsp3) is 0.333. The van der Waals surface area contributed by atoms with Crippen LogP contribution in [0, 0.1) is 0 Å². The van der Waals surface area contributed by atoms with Crippen molar-refractivity contribution in [2.24, 2.45) is 0 Å².